The highest BCUT2D eigenvalue weighted by molar-refractivity contribution is 8.00. The van der Waals surface area contributed by atoms with Gasteiger partial charge >= 0.3 is 0 Å². The van der Waals surface area contributed by atoms with Crippen LogP contribution in [0.15, 0.2) is 0 Å². The molecular formula is C19H44OS. The van der Waals surface area contributed by atoms with E-state index in [-0.39, 0.29) is 0 Å². The van der Waals surface area contributed by atoms with Gasteiger partial charge in [-0.3, -0.25) is 0 Å². The maximum absolute atomic E-state index is 5.25. The first-order chi connectivity index (χ1) is 9.38. The second kappa shape index (κ2) is 16.7. The molecule has 1 nitrogen and oxygen atoms in total. The Labute approximate surface area is 141 Å². The Kier molecular flexibility index (Phi) is 20.8. The molecule has 0 N–H and O–H groups in total. The van der Waals surface area contributed by atoms with Gasteiger partial charge in [0, 0.05) is 0 Å². The zero-order valence-corrected chi connectivity index (χ0v) is 17.8. The largest absolute Gasteiger partial charge is 0.376 e. The van der Waals surface area contributed by atoms with Crippen molar-refractivity contribution in [3.63, 3.8) is 0 Å². The van der Waals surface area contributed by atoms with Crippen LogP contribution in [-0.2, 0) is 4.74 Å². The summed E-state index contributed by atoms with van der Waals surface area (Å²) in [5, 5.41) is 1.58. The van der Waals surface area contributed by atoms with Crippen LogP contribution in [0.3, 0.4) is 0 Å². The molecule has 0 atom stereocenters. The third-order valence-electron chi connectivity index (χ3n) is 2.03. The number of ether oxygens (including phenoxy) is 1. The molecule has 0 heterocycles. The molecule has 0 radical (unpaired) electrons. The number of rotatable bonds is 6. The van der Waals surface area contributed by atoms with E-state index in [1.54, 1.807) is 0 Å². The van der Waals surface area contributed by atoms with Crippen molar-refractivity contribution in [2.75, 3.05) is 0 Å². The van der Waals surface area contributed by atoms with Crippen molar-refractivity contribution in [2.24, 2.45) is 11.8 Å². The molecule has 0 aromatic rings. The Hall–Kier alpha value is 0.310. The number of hydrogen-bond donors (Lipinski definition) is 0. The van der Waals surface area contributed by atoms with Crippen LogP contribution in [0, 0.1) is 11.8 Å². The molecule has 0 aromatic heterocycles. The number of hydrogen-bond acceptors (Lipinski definition) is 2. The molecule has 0 amide bonds. The van der Waals surface area contributed by atoms with Gasteiger partial charge in [-0.25, -0.2) is 0 Å². The molecule has 0 fully saturated rings. The van der Waals surface area contributed by atoms with E-state index in [9.17, 15) is 0 Å². The minimum atomic E-state index is 0.375. The van der Waals surface area contributed by atoms with Gasteiger partial charge in [-0.15, -0.1) is 0 Å². The summed E-state index contributed by atoms with van der Waals surface area (Å²) in [4.78, 5) is 0. The first kappa shape index (κ1) is 26.2. The van der Waals surface area contributed by atoms with E-state index in [4.69, 9.17) is 4.74 Å². The lowest BCUT2D eigenvalue weighted by Crippen LogP contribution is -2.09. The van der Waals surface area contributed by atoms with Crippen molar-refractivity contribution in [1.29, 1.82) is 0 Å². The normalized spacial score (nSPS) is 11.1. The van der Waals surface area contributed by atoms with Crippen molar-refractivity contribution in [3.8, 4) is 0 Å². The Balaban J connectivity index is -0.000000231. The highest BCUT2D eigenvalue weighted by atomic mass is 32.2. The summed E-state index contributed by atoms with van der Waals surface area (Å²) >= 11 is 2.01. The second-order valence-corrected chi connectivity index (χ2v) is 9.65. The zero-order chi connectivity index (χ0) is 17.6. The summed E-state index contributed by atoms with van der Waals surface area (Å²) < 4.78 is 5.25. The molecule has 0 aliphatic heterocycles. The fourth-order valence-corrected chi connectivity index (χ4v) is 3.12. The molecular weight excluding hydrogens is 276 g/mol. The van der Waals surface area contributed by atoms with Gasteiger partial charge < -0.3 is 4.74 Å². The topological polar surface area (TPSA) is 9.23 Å². The Morgan fingerprint density at radius 1 is 0.571 bits per heavy atom. The molecule has 132 valence electrons. The second-order valence-electron chi connectivity index (χ2n) is 7.49. The standard InChI is InChI=1S/C7H16.C6H14O.C6H14S/c1-6(2)5-7(3)4;2*1-5(2)7-6(3)4/h6-7H,5H2,1-4H3;2*5-6H,1-4H3. The highest BCUT2D eigenvalue weighted by Gasteiger charge is 1.96. The predicted molar refractivity (Wildman–Crippen MR) is 104 cm³/mol. The first-order valence-corrected chi connectivity index (χ1v) is 9.63. The molecule has 0 aliphatic carbocycles. The number of thioether (sulfide) groups is 1. The molecule has 0 unspecified atom stereocenters. The Morgan fingerprint density at radius 3 is 0.857 bits per heavy atom. The third-order valence-corrected chi connectivity index (χ3v) is 3.12. The van der Waals surface area contributed by atoms with E-state index < -0.39 is 0 Å². The molecule has 0 saturated carbocycles. The van der Waals surface area contributed by atoms with Crippen LogP contribution in [-0.4, -0.2) is 22.7 Å². The van der Waals surface area contributed by atoms with Crippen LogP contribution in [0.5, 0.6) is 0 Å². The van der Waals surface area contributed by atoms with Crippen LogP contribution in [0.1, 0.15) is 89.5 Å². The molecule has 0 bridgehead atoms. The molecule has 0 spiro atoms. The fourth-order valence-electron chi connectivity index (χ4n) is 2.03. The van der Waals surface area contributed by atoms with E-state index in [1.807, 2.05) is 39.5 Å². The van der Waals surface area contributed by atoms with Crippen LogP contribution in [0.2, 0.25) is 0 Å². The van der Waals surface area contributed by atoms with Gasteiger partial charge in [-0.05, 0) is 56.5 Å². The van der Waals surface area contributed by atoms with Crippen molar-refractivity contribution >= 4 is 11.8 Å². The van der Waals surface area contributed by atoms with E-state index in [1.165, 1.54) is 6.42 Å². The average molecular weight is 321 g/mol. The van der Waals surface area contributed by atoms with Crippen LogP contribution in [0.4, 0.5) is 0 Å². The third kappa shape index (κ3) is 44.9. The predicted octanol–water partition coefficient (Wildman–Crippen LogP) is 7.04. The van der Waals surface area contributed by atoms with Gasteiger partial charge in [0.1, 0.15) is 0 Å². The highest BCUT2D eigenvalue weighted by Crippen LogP contribution is 2.14. The summed E-state index contributed by atoms with van der Waals surface area (Å²) in [5.74, 6) is 1.75. The summed E-state index contributed by atoms with van der Waals surface area (Å²) in [6, 6.07) is 0. The van der Waals surface area contributed by atoms with E-state index in [0.717, 1.165) is 22.3 Å². The SMILES string of the molecule is CC(C)CC(C)C.CC(C)OC(C)C.CC(C)SC(C)C. The minimum Gasteiger partial charge on any atom is -0.376 e. The maximum Gasteiger partial charge on any atom is 0.0522 e. The maximum atomic E-state index is 5.25. The smallest absolute Gasteiger partial charge is 0.0522 e. The lowest BCUT2D eigenvalue weighted by Gasteiger charge is -2.09. The van der Waals surface area contributed by atoms with E-state index in [2.05, 4.69) is 55.4 Å². The van der Waals surface area contributed by atoms with E-state index in [0.29, 0.717) is 12.2 Å². The molecule has 2 heteroatoms. The first-order valence-electron chi connectivity index (χ1n) is 8.69. The summed E-state index contributed by atoms with van der Waals surface area (Å²) in [5.41, 5.74) is 0. The fraction of sp³-hybridized carbons (Fsp3) is 1.00. The van der Waals surface area contributed by atoms with Gasteiger partial charge in [-0.2, -0.15) is 11.8 Å². The molecule has 0 rings (SSSR count). The van der Waals surface area contributed by atoms with Crippen LogP contribution >= 0.6 is 11.8 Å². The molecule has 0 saturated heterocycles. The van der Waals surface area contributed by atoms with Crippen molar-refractivity contribution in [1.82, 2.24) is 0 Å². The minimum absolute atomic E-state index is 0.375. The van der Waals surface area contributed by atoms with Crippen LogP contribution < -0.4 is 0 Å². The Bertz CT molecular complexity index is 133. The summed E-state index contributed by atoms with van der Waals surface area (Å²) in [6.45, 7) is 26.1. The summed E-state index contributed by atoms with van der Waals surface area (Å²) in [7, 11) is 0. The molecule has 0 aliphatic rings. The van der Waals surface area contributed by atoms with Crippen LogP contribution in [0.25, 0.3) is 0 Å². The van der Waals surface area contributed by atoms with Gasteiger partial charge in [-0.1, -0.05) is 55.4 Å². The van der Waals surface area contributed by atoms with E-state index >= 15 is 0 Å². The van der Waals surface area contributed by atoms with Crippen molar-refractivity contribution in [3.05, 3.63) is 0 Å². The zero-order valence-electron chi connectivity index (χ0n) is 17.0. The lowest BCUT2D eigenvalue weighted by atomic mass is 10.0. The van der Waals surface area contributed by atoms with Gasteiger partial charge in [0.25, 0.3) is 0 Å². The summed E-state index contributed by atoms with van der Waals surface area (Å²) in [6.07, 6.45) is 2.11. The lowest BCUT2D eigenvalue weighted by molar-refractivity contribution is 0.0300. The quantitative estimate of drug-likeness (QED) is 0.518. The molecule has 21 heavy (non-hydrogen) atoms. The van der Waals surface area contributed by atoms with Gasteiger partial charge in [0.15, 0.2) is 0 Å². The molecule has 0 aromatic carbocycles. The van der Waals surface area contributed by atoms with Gasteiger partial charge in [0.05, 0.1) is 12.2 Å². The van der Waals surface area contributed by atoms with Crippen molar-refractivity contribution in [2.45, 2.75) is 112 Å². The monoisotopic (exact) mass is 320 g/mol. The Morgan fingerprint density at radius 2 is 0.857 bits per heavy atom. The average Bonchev–Trinajstić information content (AvgIpc) is 2.10. The van der Waals surface area contributed by atoms with Crippen molar-refractivity contribution < 1.29 is 4.74 Å². The van der Waals surface area contributed by atoms with Gasteiger partial charge in [0.2, 0.25) is 0 Å².